The molecule has 0 saturated carbocycles. The fourth-order valence-electron chi connectivity index (χ4n) is 1.90. The lowest BCUT2D eigenvalue weighted by molar-refractivity contribution is -0.222. The van der Waals surface area contributed by atoms with Gasteiger partial charge in [0, 0.05) is 24.0 Å². The zero-order valence-electron chi connectivity index (χ0n) is 19.5. The second kappa shape index (κ2) is 15.3. The number of rotatable bonds is 17. The van der Waals surface area contributed by atoms with Crippen LogP contribution in [0, 0.1) is 0 Å². The maximum absolute atomic E-state index is 13.7. The van der Waals surface area contributed by atoms with E-state index in [-0.39, 0.29) is 37.2 Å². The van der Waals surface area contributed by atoms with Crippen LogP contribution in [0.5, 0.6) is 0 Å². The molecule has 0 bridgehead atoms. The summed E-state index contributed by atoms with van der Waals surface area (Å²) >= 11 is 0. The van der Waals surface area contributed by atoms with Crippen molar-refractivity contribution in [2.24, 2.45) is 0 Å². The van der Waals surface area contributed by atoms with Gasteiger partial charge in [0.2, 0.25) is 12.6 Å². The predicted octanol–water partition coefficient (Wildman–Crippen LogP) is 5.06. The minimum absolute atomic E-state index is 0.0832. The van der Waals surface area contributed by atoms with E-state index in [4.69, 9.17) is 28.0 Å². The Hall–Kier alpha value is -1.51. The molecular formula is C21H37O9P. The highest BCUT2D eigenvalue weighted by molar-refractivity contribution is 7.54. The van der Waals surface area contributed by atoms with Crippen LogP contribution in [0.15, 0.2) is 24.3 Å². The van der Waals surface area contributed by atoms with E-state index in [1.165, 1.54) is 13.8 Å². The lowest BCUT2D eigenvalue weighted by Gasteiger charge is -2.31. The first kappa shape index (κ1) is 29.5. The Balaban J connectivity index is 5.77. The molecule has 0 aliphatic rings. The average Bonchev–Trinajstić information content (AvgIpc) is 2.73. The van der Waals surface area contributed by atoms with Crippen LogP contribution in [0.25, 0.3) is 0 Å². The van der Waals surface area contributed by atoms with E-state index in [0.717, 1.165) is 0 Å². The average molecular weight is 464 g/mol. The molecule has 0 radical (unpaired) electrons. The highest BCUT2D eigenvalue weighted by atomic mass is 31.2. The Morgan fingerprint density at radius 2 is 1.32 bits per heavy atom. The number of carbonyl (C=O) groups excluding carboxylic acids is 2. The first-order chi connectivity index (χ1) is 14.5. The molecule has 0 amide bonds. The van der Waals surface area contributed by atoms with E-state index in [9.17, 15) is 14.2 Å². The molecule has 0 aliphatic heterocycles. The summed E-state index contributed by atoms with van der Waals surface area (Å²) in [6, 6.07) is -1.50. The van der Waals surface area contributed by atoms with E-state index in [2.05, 4.69) is 13.2 Å². The fraction of sp³-hybridized carbons (Fsp3) is 0.714. The van der Waals surface area contributed by atoms with Crippen molar-refractivity contribution in [3.8, 4) is 0 Å². The van der Waals surface area contributed by atoms with Gasteiger partial charge in [-0.3, -0.25) is 9.09 Å². The van der Waals surface area contributed by atoms with Crippen LogP contribution in [-0.2, 0) is 42.1 Å². The van der Waals surface area contributed by atoms with Crippen molar-refractivity contribution in [2.75, 3.05) is 13.2 Å². The second-order valence-corrected chi connectivity index (χ2v) is 8.81. The lowest BCUT2D eigenvalue weighted by atomic mass is 10.3. The third kappa shape index (κ3) is 11.1. The minimum Gasteiger partial charge on any atom is -0.432 e. The summed E-state index contributed by atoms with van der Waals surface area (Å²) in [5.41, 5.74) is 0.353. The van der Waals surface area contributed by atoms with Gasteiger partial charge in [0.05, 0.1) is 13.2 Å². The van der Waals surface area contributed by atoms with Crippen molar-refractivity contribution in [2.45, 2.75) is 85.8 Å². The lowest BCUT2D eigenvalue weighted by Crippen LogP contribution is -2.32. The molecule has 0 aromatic heterocycles. The molecule has 10 heteroatoms. The number of hydrogen-bond acceptors (Lipinski definition) is 9. The largest absolute Gasteiger partial charge is 0.432 e. The van der Waals surface area contributed by atoms with E-state index in [1.54, 1.807) is 13.8 Å². The van der Waals surface area contributed by atoms with Gasteiger partial charge in [0.15, 0.2) is 0 Å². The van der Waals surface area contributed by atoms with Crippen LogP contribution in [-0.4, -0.2) is 43.8 Å². The van der Waals surface area contributed by atoms with Crippen molar-refractivity contribution in [3.05, 3.63) is 24.3 Å². The quantitative estimate of drug-likeness (QED) is 0.126. The van der Waals surface area contributed by atoms with Gasteiger partial charge in [-0.05, 0) is 26.7 Å². The van der Waals surface area contributed by atoms with Crippen molar-refractivity contribution >= 4 is 19.5 Å². The van der Waals surface area contributed by atoms with E-state index in [1.807, 2.05) is 13.8 Å². The molecule has 0 fully saturated rings. The van der Waals surface area contributed by atoms with Crippen LogP contribution >= 0.6 is 7.60 Å². The first-order valence-electron chi connectivity index (χ1n) is 10.5. The molecular weight excluding hydrogens is 427 g/mol. The van der Waals surface area contributed by atoms with Crippen LogP contribution in [0.2, 0.25) is 0 Å². The highest BCUT2D eigenvalue weighted by Gasteiger charge is 2.43. The van der Waals surface area contributed by atoms with E-state index < -0.39 is 38.1 Å². The molecule has 0 N–H and O–H groups in total. The Labute approximate surface area is 185 Å². The molecule has 0 aliphatic carbocycles. The Kier molecular flexibility index (Phi) is 14.6. The van der Waals surface area contributed by atoms with Crippen molar-refractivity contribution in [1.29, 1.82) is 0 Å². The predicted molar refractivity (Wildman–Crippen MR) is 116 cm³/mol. The zero-order valence-corrected chi connectivity index (χ0v) is 20.4. The number of ether oxygens (including phenoxy) is 4. The summed E-state index contributed by atoms with van der Waals surface area (Å²) < 4.78 is 46.6. The van der Waals surface area contributed by atoms with Gasteiger partial charge in [-0.1, -0.05) is 40.9 Å². The summed E-state index contributed by atoms with van der Waals surface area (Å²) in [5, 5.41) is 0. The van der Waals surface area contributed by atoms with Gasteiger partial charge in [0.1, 0.15) is 0 Å². The normalized spacial score (nSPS) is 15.9. The Morgan fingerprint density at radius 3 is 1.74 bits per heavy atom. The Morgan fingerprint density at radius 1 is 0.839 bits per heavy atom. The summed E-state index contributed by atoms with van der Waals surface area (Å²) in [4.78, 5) is 23.8. The summed E-state index contributed by atoms with van der Waals surface area (Å²) in [5.74, 6) is -1.35. The fourth-order valence-corrected chi connectivity index (χ4v) is 3.72. The maximum atomic E-state index is 13.7. The van der Waals surface area contributed by atoms with Gasteiger partial charge in [-0.2, -0.15) is 0 Å². The monoisotopic (exact) mass is 464 g/mol. The van der Waals surface area contributed by atoms with Gasteiger partial charge in [-0.25, -0.2) is 9.59 Å². The molecule has 0 saturated heterocycles. The smallest absolute Gasteiger partial charge is 0.389 e. The molecule has 0 spiro atoms. The standard InChI is InChI=1S/C21H37O9P/c1-9-13-25-21(29-17(11-3)27-19(22)15(5)6)31(24,26-14-10-2)30-18(12-4)28-20(23)16(7)8/h17-18,21H,5,7,9-14H2,1-4,6,8H3. The molecule has 0 heterocycles. The van der Waals surface area contributed by atoms with Crippen molar-refractivity contribution in [1.82, 2.24) is 0 Å². The minimum atomic E-state index is -4.13. The number of esters is 2. The van der Waals surface area contributed by atoms with Gasteiger partial charge in [0.25, 0.3) is 6.03 Å². The molecule has 0 aromatic rings. The SMILES string of the molecule is C=C(C)C(=O)OC(CC)OC(OCCC)P(=O)(OCCC)OC(CC)OC(=O)C(=C)C. The van der Waals surface area contributed by atoms with Crippen LogP contribution in [0.4, 0.5) is 0 Å². The summed E-state index contributed by atoms with van der Waals surface area (Å²) in [7, 11) is -4.13. The van der Waals surface area contributed by atoms with Crippen molar-refractivity contribution < 1.29 is 42.1 Å². The molecule has 4 unspecified atom stereocenters. The Bertz CT molecular complexity index is 647. The third-order valence-electron chi connectivity index (χ3n) is 3.57. The van der Waals surface area contributed by atoms with Gasteiger partial charge in [-0.15, -0.1) is 0 Å². The second-order valence-electron chi connectivity index (χ2n) is 6.84. The van der Waals surface area contributed by atoms with Crippen LogP contribution in [0.3, 0.4) is 0 Å². The molecule has 9 nitrogen and oxygen atoms in total. The van der Waals surface area contributed by atoms with Crippen LogP contribution < -0.4 is 0 Å². The molecule has 4 atom stereocenters. The van der Waals surface area contributed by atoms with Crippen LogP contribution in [0.1, 0.15) is 67.2 Å². The zero-order chi connectivity index (χ0) is 24.0. The highest BCUT2D eigenvalue weighted by Crippen LogP contribution is 2.56. The van der Waals surface area contributed by atoms with E-state index >= 15 is 0 Å². The first-order valence-corrected chi connectivity index (χ1v) is 12.1. The molecule has 31 heavy (non-hydrogen) atoms. The number of carbonyl (C=O) groups is 2. The van der Waals surface area contributed by atoms with Gasteiger partial charge < -0.3 is 23.5 Å². The third-order valence-corrected chi connectivity index (χ3v) is 5.43. The molecule has 0 rings (SSSR count). The maximum Gasteiger partial charge on any atom is 0.389 e. The van der Waals surface area contributed by atoms with Gasteiger partial charge >= 0.3 is 19.5 Å². The topological polar surface area (TPSA) is 107 Å². The summed E-state index contributed by atoms with van der Waals surface area (Å²) in [6.07, 6.45) is -0.676. The van der Waals surface area contributed by atoms with Crippen molar-refractivity contribution in [3.63, 3.8) is 0 Å². The summed E-state index contributed by atoms with van der Waals surface area (Å²) in [6.45, 7) is 17.4. The molecule has 0 aromatic carbocycles. The molecule has 180 valence electrons. The number of hydrogen-bond donors (Lipinski definition) is 0. The van der Waals surface area contributed by atoms with E-state index in [0.29, 0.717) is 12.8 Å².